The molecule has 0 saturated carbocycles. The molecule has 0 aliphatic rings. The third-order valence-electron chi connectivity index (χ3n) is 1.48. The van der Waals surface area contributed by atoms with Crippen LogP contribution in [-0.4, -0.2) is 10.8 Å². The Morgan fingerprint density at radius 2 is 2.00 bits per heavy atom. The van der Waals surface area contributed by atoms with Gasteiger partial charge in [-0.15, -0.1) is 0 Å². The summed E-state index contributed by atoms with van der Waals surface area (Å²) in [4.78, 5) is 0. The fourth-order valence-corrected chi connectivity index (χ4v) is 1.00. The first-order valence-corrected chi connectivity index (χ1v) is 4.59. The highest BCUT2D eigenvalue weighted by atomic mass is 35.5. The van der Waals surface area contributed by atoms with Crippen LogP contribution in [0.5, 0.6) is 0 Å². The highest BCUT2D eigenvalue weighted by Gasteiger charge is 1.96. The average molecular weight is 227 g/mol. The summed E-state index contributed by atoms with van der Waals surface area (Å²) in [6.45, 7) is 3.74. The normalized spacial score (nSPS) is 11.1. The molecule has 14 heavy (non-hydrogen) atoms. The maximum absolute atomic E-state index is 5.73. The van der Waals surface area contributed by atoms with Gasteiger partial charge in [-0.25, -0.2) is 0 Å². The van der Waals surface area contributed by atoms with Crippen molar-refractivity contribution in [2.45, 2.75) is 0 Å². The van der Waals surface area contributed by atoms with Gasteiger partial charge in [0.2, 0.25) is 0 Å². The van der Waals surface area contributed by atoms with E-state index in [4.69, 9.17) is 17.3 Å². The van der Waals surface area contributed by atoms with Crippen LogP contribution < -0.4 is 11.2 Å². The zero-order chi connectivity index (χ0) is 10.6. The lowest BCUT2D eigenvalue weighted by molar-refractivity contribution is 1.03. The van der Waals surface area contributed by atoms with Crippen molar-refractivity contribution in [3.05, 3.63) is 41.8 Å². The lowest BCUT2D eigenvalue weighted by Gasteiger charge is -2.01. The molecule has 0 unspecified atom stereocenters. The van der Waals surface area contributed by atoms with E-state index in [1.54, 1.807) is 12.1 Å². The highest BCUT2D eigenvalue weighted by Crippen LogP contribution is 2.09. The number of nitrogens with two attached hydrogens (primary N) is 1. The second-order valence-corrected chi connectivity index (χ2v) is 3.42. The zero-order valence-corrected chi connectivity index (χ0v) is 8.90. The number of benzene rings is 1. The van der Waals surface area contributed by atoms with E-state index in [2.05, 4.69) is 29.7 Å². The molecule has 0 aromatic heterocycles. The molecule has 3 N–H and O–H groups in total. The van der Waals surface area contributed by atoms with E-state index in [-0.39, 0.29) is 5.11 Å². The van der Waals surface area contributed by atoms with Crippen molar-refractivity contribution in [3.8, 4) is 0 Å². The molecule has 1 aromatic carbocycles. The molecule has 73 valence electrons. The standard InChI is InChI=1S/C9H9ClN3S/c1-6(12-13-9(11)14)7-2-4-8(10)5-3-7/h2-5H,1H2,(H3,11,13,14). The zero-order valence-electron chi connectivity index (χ0n) is 7.33. The lowest BCUT2D eigenvalue weighted by atomic mass is 10.1. The van der Waals surface area contributed by atoms with Crippen LogP contribution in [0.4, 0.5) is 0 Å². The Hall–Kier alpha value is -1.13. The van der Waals surface area contributed by atoms with Crippen LogP contribution in [0.1, 0.15) is 5.56 Å². The topological polar surface area (TPSA) is 50.4 Å². The van der Waals surface area contributed by atoms with Crippen molar-refractivity contribution >= 4 is 34.6 Å². The molecule has 0 saturated heterocycles. The lowest BCUT2D eigenvalue weighted by Crippen LogP contribution is -2.25. The molecule has 1 rings (SSSR count). The Kier molecular flexibility index (Phi) is 3.85. The fourth-order valence-electron chi connectivity index (χ4n) is 0.829. The number of hydrogen-bond donors (Lipinski definition) is 2. The third kappa shape index (κ3) is 3.32. The van der Waals surface area contributed by atoms with E-state index in [9.17, 15) is 0 Å². The molecule has 3 nitrogen and oxygen atoms in total. The van der Waals surface area contributed by atoms with Gasteiger partial charge < -0.3 is 5.73 Å². The van der Waals surface area contributed by atoms with Gasteiger partial charge >= 0.3 is 0 Å². The summed E-state index contributed by atoms with van der Waals surface area (Å²) in [7, 11) is 0. The molecular formula is C9H9ClN3S. The monoisotopic (exact) mass is 226 g/mol. The minimum absolute atomic E-state index is 0.111. The molecule has 0 aliphatic carbocycles. The maximum atomic E-state index is 5.73. The summed E-state index contributed by atoms with van der Waals surface area (Å²) in [6.07, 6.45) is 0. The second-order valence-electron chi connectivity index (χ2n) is 2.54. The number of rotatable bonds is 2. The van der Waals surface area contributed by atoms with Crippen LogP contribution in [-0.2, 0) is 0 Å². The number of nitrogens with one attached hydrogen (secondary N) is 1. The Bertz CT molecular complexity index is 359. The Balaban J connectivity index is 2.78. The van der Waals surface area contributed by atoms with Gasteiger partial charge in [-0.05, 0) is 36.8 Å². The van der Waals surface area contributed by atoms with E-state index in [0.717, 1.165) is 5.56 Å². The Morgan fingerprint density at radius 1 is 1.43 bits per heavy atom. The SMILES string of the molecule is [CH2]C(=NNC(N)=S)c1ccc(Cl)cc1. The van der Waals surface area contributed by atoms with Crippen LogP contribution in [0.2, 0.25) is 5.02 Å². The number of nitrogens with zero attached hydrogens (tertiary/aromatic N) is 1. The maximum Gasteiger partial charge on any atom is 0.184 e. The summed E-state index contributed by atoms with van der Waals surface area (Å²) in [6, 6.07) is 7.15. The van der Waals surface area contributed by atoms with Gasteiger partial charge in [0.15, 0.2) is 5.11 Å². The Labute approximate surface area is 92.9 Å². The van der Waals surface area contributed by atoms with Crippen molar-refractivity contribution in [1.29, 1.82) is 0 Å². The quantitative estimate of drug-likeness (QED) is 0.459. The molecule has 5 heteroatoms. The van der Waals surface area contributed by atoms with Gasteiger partial charge in [0.25, 0.3) is 0 Å². The summed E-state index contributed by atoms with van der Waals surface area (Å²) in [5.74, 6) is 0. The fraction of sp³-hybridized carbons (Fsp3) is 0. The minimum atomic E-state index is 0.111. The molecule has 0 heterocycles. The number of thiocarbonyl (C=S) groups is 1. The third-order valence-corrected chi connectivity index (χ3v) is 1.82. The van der Waals surface area contributed by atoms with Gasteiger partial charge in [-0.1, -0.05) is 23.7 Å². The molecule has 1 radical (unpaired) electrons. The number of halogens is 1. The van der Waals surface area contributed by atoms with Gasteiger partial charge in [-0.2, -0.15) is 5.10 Å². The summed E-state index contributed by atoms with van der Waals surface area (Å²) in [5, 5.41) is 4.65. The van der Waals surface area contributed by atoms with Crippen LogP contribution in [0.3, 0.4) is 0 Å². The van der Waals surface area contributed by atoms with Gasteiger partial charge in [0.1, 0.15) is 0 Å². The van der Waals surface area contributed by atoms with Crippen molar-refractivity contribution in [2.75, 3.05) is 0 Å². The summed E-state index contributed by atoms with van der Waals surface area (Å²) < 4.78 is 0. The van der Waals surface area contributed by atoms with E-state index in [1.165, 1.54) is 0 Å². The average Bonchev–Trinajstić information content (AvgIpc) is 2.15. The van der Waals surface area contributed by atoms with Crippen LogP contribution in [0, 0.1) is 6.92 Å². The van der Waals surface area contributed by atoms with Gasteiger partial charge in [0, 0.05) is 5.02 Å². The van der Waals surface area contributed by atoms with Gasteiger partial charge in [-0.3, -0.25) is 5.43 Å². The summed E-state index contributed by atoms with van der Waals surface area (Å²) >= 11 is 10.3. The van der Waals surface area contributed by atoms with E-state index in [1.807, 2.05) is 12.1 Å². The molecule has 0 amide bonds. The molecule has 1 aromatic rings. The van der Waals surface area contributed by atoms with Crippen LogP contribution in [0.15, 0.2) is 29.4 Å². The predicted octanol–water partition coefficient (Wildman–Crippen LogP) is 1.71. The van der Waals surface area contributed by atoms with Crippen LogP contribution >= 0.6 is 23.8 Å². The molecular weight excluding hydrogens is 218 g/mol. The number of hydrogen-bond acceptors (Lipinski definition) is 2. The van der Waals surface area contributed by atoms with E-state index < -0.39 is 0 Å². The largest absolute Gasteiger partial charge is 0.375 e. The minimum Gasteiger partial charge on any atom is -0.375 e. The smallest absolute Gasteiger partial charge is 0.184 e. The molecule has 0 aliphatic heterocycles. The van der Waals surface area contributed by atoms with E-state index in [0.29, 0.717) is 10.7 Å². The first-order chi connectivity index (χ1) is 6.59. The number of hydrazone groups is 1. The van der Waals surface area contributed by atoms with Crippen molar-refractivity contribution in [3.63, 3.8) is 0 Å². The first kappa shape index (κ1) is 10.9. The van der Waals surface area contributed by atoms with E-state index >= 15 is 0 Å². The Morgan fingerprint density at radius 3 is 2.50 bits per heavy atom. The molecule has 0 spiro atoms. The van der Waals surface area contributed by atoms with Crippen LogP contribution in [0.25, 0.3) is 0 Å². The molecule has 0 atom stereocenters. The predicted molar refractivity (Wildman–Crippen MR) is 63.3 cm³/mol. The highest BCUT2D eigenvalue weighted by molar-refractivity contribution is 7.80. The van der Waals surface area contributed by atoms with Gasteiger partial charge in [0.05, 0.1) is 5.71 Å². The molecule has 0 bridgehead atoms. The van der Waals surface area contributed by atoms with Crippen molar-refractivity contribution in [1.82, 2.24) is 5.43 Å². The van der Waals surface area contributed by atoms with Crippen molar-refractivity contribution in [2.24, 2.45) is 10.8 Å². The second kappa shape index (κ2) is 4.93. The molecule has 0 fully saturated rings. The van der Waals surface area contributed by atoms with Crippen molar-refractivity contribution < 1.29 is 0 Å². The summed E-state index contributed by atoms with van der Waals surface area (Å²) in [5.41, 5.74) is 9.08. The first-order valence-electron chi connectivity index (χ1n) is 3.80.